The van der Waals surface area contributed by atoms with Gasteiger partial charge in [0.05, 0.1) is 33.7 Å². The van der Waals surface area contributed by atoms with Crippen molar-refractivity contribution in [2.75, 3.05) is 30.1 Å². The second-order valence-corrected chi connectivity index (χ2v) is 12.8. The Bertz CT molecular complexity index is 2120. The van der Waals surface area contributed by atoms with Gasteiger partial charge in [-0.25, -0.2) is 23.4 Å². The van der Waals surface area contributed by atoms with Crippen molar-refractivity contribution in [1.82, 2.24) is 25.0 Å². The van der Waals surface area contributed by atoms with Crippen molar-refractivity contribution in [3.05, 3.63) is 113 Å². The minimum absolute atomic E-state index is 0.0423. The van der Waals surface area contributed by atoms with E-state index in [1.54, 1.807) is 41.3 Å². The molecule has 4 aromatic carbocycles. The number of rotatable bonds is 11. The molecule has 3 N–H and O–H groups in total. The topological polar surface area (TPSA) is 157 Å². The van der Waals surface area contributed by atoms with Gasteiger partial charge in [-0.1, -0.05) is 64.8 Å². The number of aryl methyl sites for hydroxylation is 1. The molecule has 6 rings (SSSR count). The van der Waals surface area contributed by atoms with E-state index in [1.165, 1.54) is 29.0 Å². The van der Waals surface area contributed by atoms with Gasteiger partial charge >= 0.3 is 6.03 Å². The van der Waals surface area contributed by atoms with E-state index in [4.69, 9.17) is 21.2 Å². The molecule has 2 heterocycles. The first-order valence-corrected chi connectivity index (χ1v) is 16.7. The molecule has 0 spiro atoms. The number of anilines is 2. The van der Waals surface area contributed by atoms with Gasteiger partial charge in [0.1, 0.15) is 17.9 Å². The van der Waals surface area contributed by atoms with Crippen molar-refractivity contribution in [3.8, 4) is 5.75 Å². The highest BCUT2D eigenvalue weighted by molar-refractivity contribution is 7.90. The summed E-state index contributed by atoms with van der Waals surface area (Å²) in [4.78, 5) is 33.1. The molecule has 0 saturated heterocycles. The van der Waals surface area contributed by atoms with Crippen LogP contribution in [0.4, 0.5) is 16.2 Å². The summed E-state index contributed by atoms with van der Waals surface area (Å²) >= 11 is 6.38. The van der Waals surface area contributed by atoms with E-state index in [1.807, 2.05) is 48.0 Å². The molecule has 246 valence electrons. The average molecular weight is 688 g/mol. The number of benzene rings is 4. The smallest absolute Gasteiger partial charge is 0.328 e. The Kier molecular flexibility index (Phi) is 9.45. The number of fused-ring (bicyclic) bond motifs is 2. The molecule has 0 unspecified atom stereocenters. The Labute approximate surface area is 281 Å². The van der Waals surface area contributed by atoms with Crippen molar-refractivity contribution >= 4 is 61.9 Å². The zero-order valence-corrected chi connectivity index (χ0v) is 27.2. The van der Waals surface area contributed by atoms with E-state index in [0.29, 0.717) is 29.7 Å². The van der Waals surface area contributed by atoms with E-state index in [9.17, 15) is 18.0 Å². The lowest BCUT2D eigenvalue weighted by molar-refractivity contribution is -0.114. The summed E-state index contributed by atoms with van der Waals surface area (Å²) in [5, 5.41) is 10.9. The fourth-order valence-electron chi connectivity index (χ4n) is 4.96. The molecular formula is C33H30ClN7O6S. The van der Waals surface area contributed by atoms with Crippen LogP contribution in [0.2, 0.25) is 5.02 Å². The Balaban J connectivity index is 1.16. The quantitative estimate of drug-likeness (QED) is 0.0761. The normalized spacial score (nSPS) is 12.8. The Morgan fingerprint density at radius 3 is 2.60 bits per heavy atom. The number of para-hydroxylation sites is 2. The minimum atomic E-state index is -4.32. The number of nitrogens with zero attached hydrogens (tertiary/aromatic N) is 4. The second kappa shape index (κ2) is 14.0. The SMILES string of the molecule is Cc1ccc(OCCNC(=O)NS(=O)(=O)c2ccc(Cl)c(NO/C(=C/C(=O)N3CCc4ccccc43)n3nnc4ccccc43)c2)cc1. The standard InChI is InChI=1S/C33H30ClN7O6S/c1-22-10-12-24(13-11-22)46-19-17-35-33(43)38-48(44,45)25-14-15-26(34)28(20-25)37-47-32(41-30-9-5-3-7-27(30)36-39-41)21-31(42)40-18-16-23-6-2-4-8-29(23)40/h2-15,20-21,37H,16-19H2,1H3,(H2,35,38,43)/b32-21+. The molecule has 1 aliphatic rings. The molecule has 15 heteroatoms. The van der Waals surface area contributed by atoms with Crippen LogP contribution in [0.25, 0.3) is 16.9 Å². The highest BCUT2D eigenvalue weighted by Gasteiger charge is 2.25. The average Bonchev–Trinajstić information content (AvgIpc) is 3.71. The summed E-state index contributed by atoms with van der Waals surface area (Å²) in [6.45, 7) is 2.63. The lowest BCUT2D eigenvalue weighted by Crippen LogP contribution is -2.41. The fourth-order valence-corrected chi connectivity index (χ4v) is 6.07. The van der Waals surface area contributed by atoms with Gasteiger partial charge in [0.15, 0.2) is 0 Å². The molecule has 1 aromatic heterocycles. The molecular weight excluding hydrogens is 658 g/mol. The van der Waals surface area contributed by atoms with Gasteiger partial charge in [-0.3, -0.25) is 4.79 Å². The molecule has 0 fully saturated rings. The number of hydrogen-bond donors (Lipinski definition) is 3. The number of nitrogens with one attached hydrogen (secondary N) is 3. The summed E-state index contributed by atoms with van der Waals surface area (Å²) in [6.07, 6.45) is 1.97. The molecule has 13 nitrogen and oxygen atoms in total. The molecule has 5 aromatic rings. The van der Waals surface area contributed by atoms with Gasteiger partial charge in [-0.15, -0.1) is 5.10 Å². The number of ether oxygens (including phenoxy) is 1. The first-order valence-electron chi connectivity index (χ1n) is 14.8. The van der Waals surface area contributed by atoms with E-state index in [2.05, 4.69) is 21.1 Å². The van der Waals surface area contributed by atoms with Crippen LogP contribution >= 0.6 is 11.6 Å². The lowest BCUT2D eigenvalue weighted by Gasteiger charge is -2.17. The van der Waals surface area contributed by atoms with Gasteiger partial charge in [0.2, 0.25) is 0 Å². The maximum atomic E-state index is 13.5. The van der Waals surface area contributed by atoms with E-state index < -0.39 is 16.1 Å². The Morgan fingerprint density at radius 1 is 1.00 bits per heavy atom. The second-order valence-electron chi connectivity index (χ2n) is 10.7. The molecule has 0 aliphatic carbocycles. The monoisotopic (exact) mass is 687 g/mol. The Hall–Kier alpha value is -5.60. The predicted octanol–water partition coefficient (Wildman–Crippen LogP) is 4.89. The number of carbonyl (C=O) groups is 2. The van der Waals surface area contributed by atoms with Crippen LogP contribution in [0, 0.1) is 6.92 Å². The molecule has 0 saturated carbocycles. The number of urea groups is 1. The van der Waals surface area contributed by atoms with Crippen molar-refractivity contribution in [3.63, 3.8) is 0 Å². The summed E-state index contributed by atoms with van der Waals surface area (Å²) in [5.41, 5.74) is 6.72. The number of sulfonamides is 1. The van der Waals surface area contributed by atoms with Gasteiger partial charge in [0.25, 0.3) is 21.8 Å². The molecule has 48 heavy (non-hydrogen) atoms. The van der Waals surface area contributed by atoms with Crippen LogP contribution in [-0.2, 0) is 26.1 Å². The van der Waals surface area contributed by atoms with E-state index >= 15 is 0 Å². The van der Waals surface area contributed by atoms with Crippen LogP contribution < -0.4 is 25.2 Å². The summed E-state index contributed by atoms with van der Waals surface area (Å²) in [7, 11) is -4.32. The summed E-state index contributed by atoms with van der Waals surface area (Å²) in [6, 6.07) is 24.9. The van der Waals surface area contributed by atoms with Crippen molar-refractivity contribution in [2.45, 2.75) is 18.2 Å². The van der Waals surface area contributed by atoms with Gasteiger partial charge in [-0.05, 0) is 67.4 Å². The number of amides is 3. The maximum absolute atomic E-state index is 13.5. The molecule has 0 radical (unpaired) electrons. The van der Waals surface area contributed by atoms with Crippen molar-refractivity contribution in [2.24, 2.45) is 0 Å². The van der Waals surface area contributed by atoms with Crippen LogP contribution in [0.5, 0.6) is 5.75 Å². The highest BCUT2D eigenvalue weighted by Crippen LogP contribution is 2.29. The van der Waals surface area contributed by atoms with Crippen LogP contribution in [0.3, 0.4) is 0 Å². The largest absolute Gasteiger partial charge is 0.492 e. The van der Waals surface area contributed by atoms with Gasteiger partial charge in [0, 0.05) is 12.2 Å². The molecule has 0 atom stereocenters. The van der Waals surface area contributed by atoms with Crippen LogP contribution in [-0.4, -0.2) is 55.0 Å². The van der Waals surface area contributed by atoms with E-state index in [-0.39, 0.29) is 40.5 Å². The van der Waals surface area contributed by atoms with Gasteiger partial charge in [-0.2, -0.15) is 4.68 Å². The maximum Gasteiger partial charge on any atom is 0.328 e. The number of aromatic nitrogens is 3. The number of carbonyl (C=O) groups excluding carboxylic acids is 2. The molecule has 3 amide bonds. The zero-order valence-electron chi connectivity index (χ0n) is 25.6. The third-order valence-corrected chi connectivity index (χ3v) is 9.04. The third kappa shape index (κ3) is 7.35. The zero-order chi connectivity index (χ0) is 33.7. The Morgan fingerprint density at radius 2 is 1.77 bits per heavy atom. The predicted molar refractivity (Wildman–Crippen MR) is 181 cm³/mol. The lowest BCUT2D eigenvalue weighted by atomic mass is 10.2. The first kappa shape index (κ1) is 32.3. The fraction of sp³-hybridized carbons (Fsp3) is 0.152. The summed E-state index contributed by atoms with van der Waals surface area (Å²) < 4.78 is 35.0. The highest BCUT2D eigenvalue weighted by atomic mass is 35.5. The van der Waals surface area contributed by atoms with Gasteiger partial charge < -0.3 is 19.8 Å². The third-order valence-electron chi connectivity index (χ3n) is 7.38. The number of halogens is 1. The van der Waals surface area contributed by atoms with Crippen LogP contribution in [0.1, 0.15) is 11.1 Å². The molecule has 1 aliphatic heterocycles. The van der Waals surface area contributed by atoms with Crippen LogP contribution in [0.15, 0.2) is 102 Å². The molecule has 0 bridgehead atoms. The van der Waals surface area contributed by atoms with Crippen molar-refractivity contribution < 1.29 is 27.6 Å². The van der Waals surface area contributed by atoms with E-state index in [0.717, 1.165) is 16.8 Å². The first-order chi connectivity index (χ1) is 23.2. The minimum Gasteiger partial charge on any atom is -0.492 e. The number of hydrogen-bond acceptors (Lipinski definition) is 9. The summed E-state index contributed by atoms with van der Waals surface area (Å²) in [5.74, 6) is 0.214. The van der Waals surface area contributed by atoms with Crippen molar-refractivity contribution in [1.29, 1.82) is 0 Å².